The number of carboxylic acid groups (broad SMARTS) is 1. The third-order valence-corrected chi connectivity index (χ3v) is 4.13. The molecule has 0 spiro atoms. The number of carboxylic acids is 1. The molecule has 1 saturated heterocycles. The van der Waals surface area contributed by atoms with Gasteiger partial charge in [0.05, 0.1) is 12.2 Å². The van der Waals surface area contributed by atoms with Crippen molar-refractivity contribution < 1.29 is 19.5 Å². The number of hydrogen-bond donors (Lipinski definition) is 1. The maximum atomic E-state index is 12.2. The summed E-state index contributed by atoms with van der Waals surface area (Å²) in [6.07, 6.45) is 0.0493. The Morgan fingerprint density at radius 2 is 2.10 bits per heavy atom. The molecule has 1 fully saturated rings. The number of amides is 2. The molecule has 1 aromatic rings. The highest BCUT2D eigenvalue weighted by Gasteiger charge is 2.40. The van der Waals surface area contributed by atoms with Crippen molar-refractivity contribution in [2.45, 2.75) is 37.4 Å². The van der Waals surface area contributed by atoms with Crippen LogP contribution in [0.2, 0.25) is 0 Å². The summed E-state index contributed by atoms with van der Waals surface area (Å²) < 4.78 is 1.60. The highest BCUT2D eigenvalue weighted by molar-refractivity contribution is 7.99. The number of thioether (sulfide) groups is 1. The molecule has 1 unspecified atom stereocenters. The topological polar surface area (TPSA) is 105 Å². The zero-order chi connectivity index (χ0) is 15.7. The molecule has 0 aliphatic carbocycles. The van der Waals surface area contributed by atoms with Crippen molar-refractivity contribution in [1.29, 1.82) is 0 Å². The smallest absolute Gasteiger partial charge is 0.313 e. The molecule has 0 saturated carbocycles. The SMILES string of the molecule is CC(C)c1nnc(SCC(=O)O)n1C1CC(=O)N(C)C1=O. The van der Waals surface area contributed by atoms with E-state index >= 15 is 0 Å². The summed E-state index contributed by atoms with van der Waals surface area (Å²) in [5, 5.41) is 17.1. The van der Waals surface area contributed by atoms with Crippen molar-refractivity contribution in [3.05, 3.63) is 5.82 Å². The van der Waals surface area contributed by atoms with Gasteiger partial charge in [0.25, 0.3) is 5.91 Å². The maximum absolute atomic E-state index is 12.2. The Balaban J connectivity index is 2.39. The highest BCUT2D eigenvalue weighted by atomic mass is 32.2. The lowest BCUT2D eigenvalue weighted by Gasteiger charge is -2.16. The van der Waals surface area contributed by atoms with Crippen molar-refractivity contribution in [1.82, 2.24) is 19.7 Å². The fourth-order valence-electron chi connectivity index (χ4n) is 2.14. The van der Waals surface area contributed by atoms with E-state index in [1.807, 2.05) is 13.8 Å². The highest BCUT2D eigenvalue weighted by Crippen LogP contribution is 2.31. The van der Waals surface area contributed by atoms with Crippen LogP contribution in [0.25, 0.3) is 0 Å². The fraction of sp³-hybridized carbons (Fsp3) is 0.583. The molecule has 8 nitrogen and oxygen atoms in total. The average Bonchev–Trinajstić information content (AvgIpc) is 2.93. The number of carbonyl (C=O) groups is 3. The molecule has 9 heteroatoms. The van der Waals surface area contributed by atoms with E-state index in [2.05, 4.69) is 10.2 Å². The van der Waals surface area contributed by atoms with Crippen molar-refractivity contribution in [2.75, 3.05) is 12.8 Å². The summed E-state index contributed by atoms with van der Waals surface area (Å²) in [5.74, 6) is -1.16. The second-order valence-corrected chi connectivity index (χ2v) is 6.00. The number of imide groups is 1. The van der Waals surface area contributed by atoms with Gasteiger partial charge in [0.15, 0.2) is 5.16 Å². The van der Waals surface area contributed by atoms with Gasteiger partial charge in [-0.3, -0.25) is 23.9 Å². The molecule has 1 aliphatic rings. The molecule has 114 valence electrons. The first-order valence-electron chi connectivity index (χ1n) is 6.42. The van der Waals surface area contributed by atoms with Gasteiger partial charge in [0, 0.05) is 13.0 Å². The standard InChI is InChI=1S/C12H16N4O4S/c1-6(2)10-13-14-12(21-5-9(18)19)16(10)7-4-8(17)15(3)11(7)20/h6-7H,4-5H2,1-3H3,(H,18,19). The summed E-state index contributed by atoms with van der Waals surface area (Å²) in [6.45, 7) is 3.80. The molecule has 1 N–H and O–H groups in total. The zero-order valence-corrected chi connectivity index (χ0v) is 12.8. The monoisotopic (exact) mass is 312 g/mol. The van der Waals surface area contributed by atoms with E-state index in [1.165, 1.54) is 7.05 Å². The van der Waals surface area contributed by atoms with Gasteiger partial charge in [0.2, 0.25) is 5.91 Å². The number of rotatable bonds is 5. The molecule has 1 atom stereocenters. The summed E-state index contributed by atoms with van der Waals surface area (Å²) in [5.41, 5.74) is 0. The number of hydrogen-bond acceptors (Lipinski definition) is 6. The number of aromatic nitrogens is 3. The van der Waals surface area contributed by atoms with Gasteiger partial charge in [-0.2, -0.15) is 0 Å². The second-order valence-electron chi connectivity index (χ2n) is 5.06. The van der Waals surface area contributed by atoms with Crippen LogP contribution >= 0.6 is 11.8 Å². The lowest BCUT2D eigenvalue weighted by Crippen LogP contribution is -2.28. The Morgan fingerprint density at radius 1 is 1.43 bits per heavy atom. The van der Waals surface area contributed by atoms with Crippen LogP contribution in [0.4, 0.5) is 0 Å². The van der Waals surface area contributed by atoms with Gasteiger partial charge in [-0.05, 0) is 0 Å². The maximum Gasteiger partial charge on any atom is 0.313 e. The normalized spacial score (nSPS) is 18.9. The first-order chi connectivity index (χ1) is 9.82. The van der Waals surface area contributed by atoms with E-state index in [0.717, 1.165) is 16.7 Å². The van der Waals surface area contributed by atoms with Crippen LogP contribution in [-0.4, -0.2) is 55.4 Å². The molecule has 0 radical (unpaired) electrons. The lowest BCUT2D eigenvalue weighted by molar-refractivity contribution is -0.137. The first kappa shape index (κ1) is 15.5. The van der Waals surface area contributed by atoms with E-state index in [-0.39, 0.29) is 29.9 Å². The van der Waals surface area contributed by atoms with Gasteiger partial charge < -0.3 is 5.11 Å². The minimum atomic E-state index is -0.980. The average molecular weight is 312 g/mol. The van der Waals surface area contributed by atoms with Crippen molar-refractivity contribution in [2.24, 2.45) is 0 Å². The fourth-order valence-corrected chi connectivity index (χ4v) is 2.85. The molecule has 2 rings (SSSR count). The Hall–Kier alpha value is -1.90. The van der Waals surface area contributed by atoms with E-state index in [9.17, 15) is 14.4 Å². The molecular formula is C12H16N4O4S. The van der Waals surface area contributed by atoms with Crippen LogP contribution in [0.15, 0.2) is 5.16 Å². The molecule has 1 aliphatic heterocycles. The molecular weight excluding hydrogens is 296 g/mol. The summed E-state index contributed by atoms with van der Waals surface area (Å²) in [4.78, 5) is 35.7. The molecule has 2 heterocycles. The number of likely N-dealkylation sites (tertiary alicyclic amines) is 1. The molecule has 21 heavy (non-hydrogen) atoms. The Morgan fingerprint density at radius 3 is 2.57 bits per heavy atom. The minimum Gasteiger partial charge on any atom is -0.481 e. The zero-order valence-electron chi connectivity index (χ0n) is 11.9. The van der Waals surface area contributed by atoms with Gasteiger partial charge in [-0.25, -0.2) is 0 Å². The van der Waals surface area contributed by atoms with Crippen LogP contribution in [0.5, 0.6) is 0 Å². The van der Waals surface area contributed by atoms with Gasteiger partial charge in [-0.15, -0.1) is 10.2 Å². The Labute approximate surface area is 125 Å². The molecule has 0 aromatic carbocycles. The third kappa shape index (κ3) is 2.92. The molecule has 1 aromatic heterocycles. The number of aliphatic carboxylic acids is 1. The first-order valence-corrected chi connectivity index (χ1v) is 7.41. The van der Waals surface area contributed by atoms with E-state index in [1.54, 1.807) is 4.57 Å². The molecule has 2 amide bonds. The van der Waals surface area contributed by atoms with Crippen LogP contribution in [0, 0.1) is 0 Å². The van der Waals surface area contributed by atoms with Gasteiger partial charge in [-0.1, -0.05) is 25.6 Å². The quantitative estimate of drug-likeness (QED) is 0.623. The van der Waals surface area contributed by atoms with Crippen LogP contribution in [-0.2, 0) is 14.4 Å². The largest absolute Gasteiger partial charge is 0.481 e. The van der Waals surface area contributed by atoms with E-state index < -0.39 is 12.0 Å². The third-order valence-electron chi connectivity index (χ3n) is 3.20. The van der Waals surface area contributed by atoms with E-state index in [0.29, 0.717) is 11.0 Å². The number of likely N-dealkylation sites (N-methyl/N-ethyl adjacent to an activating group) is 1. The van der Waals surface area contributed by atoms with Crippen LogP contribution < -0.4 is 0 Å². The van der Waals surface area contributed by atoms with Crippen molar-refractivity contribution >= 4 is 29.5 Å². The number of nitrogens with zero attached hydrogens (tertiary/aromatic N) is 4. The van der Waals surface area contributed by atoms with Crippen LogP contribution in [0.3, 0.4) is 0 Å². The summed E-state index contributed by atoms with van der Waals surface area (Å²) in [6, 6.07) is -0.689. The molecule has 0 bridgehead atoms. The van der Waals surface area contributed by atoms with E-state index in [4.69, 9.17) is 5.11 Å². The predicted molar refractivity (Wildman–Crippen MR) is 73.9 cm³/mol. The Bertz CT molecular complexity index is 598. The van der Waals surface area contributed by atoms with Crippen molar-refractivity contribution in [3.63, 3.8) is 0 Å². The Kier molecular flexibility index (Phi) is 4.31. The number of carbonyl (C=O) groups excluding carboxylic acids is 2. The van der Waals surface area contributed by atoms with Crippen LogP contribution in [0.1, 0.15) is 38.1 Å². The van der Waals surface area contributed by atoms with Gasteiger partial charge in [0.1, 0.15) is 11.9 Å². The second kappa shape index (κ2) is 5.84. The summed E-state index contributed by atoms with van der Waals surface area (Å²) in [7, 11) is 1.44. The van der Waals surface area contributed by atoms with Crippen molar-refractivity contribution in [3.8, 4) is 0 Å². The predicted octanol–water partition coefficient (Wildman–Crippen LogP) is 0.508. The van der Waals surface area contributed by atoms with Gasteiger partial charge >= 0.3 is 5.97 Å². The lowest BCUT2D eigenvalue weighted by atomic mass is 10.1. The summed E-state index contributed by atoms with van der Waals surface area (Å²) >= 11 is 0.992. The minimum absolute atomic E-state index is 0.00508.